The highest BCUT2D eigenvalue weighted by Gasteiger charge is 2.46. The van der Waals surface area contributed by atoms with Gasteiger partial charge in [0.2, 0.25) is 0 Å². The Kier molecular flexibility index (Phi) is 4.85. The van der Waals surface area contributed by atoms with Crippen LogP contribution >= 0.6 is 0 Å². The summed E-state index contributed by atoms with van der Waals surface area (Å²) in [5.74, 6) is -1.72. The Labute approximate surface area is 140 Å². The molecule has 2 fully saturated rings. The standard InChI is InChI=1S/C18H23F3N2O/c1-22(17(24)18(19,20)21)16-10-14-8-5-9-15(11-16)23(14)12-13-6-3-2-4-7-13/h2-4,6-7,14-16H,5,8-12H2,1H3. The number of piperidine rings is 2. The van der Waals surface area contributed by atoms with Crippen LogP contribution in [0.1, 0.15) is 37.7 Å². The Balaban J connectivity index is 1.70. The first-order valence-corrected chi connectivity index (χ1v) is 8.50. The number of benzene rings is 1. The van der Waals surface area contributed by atoms with Gasteiger partial charge in [-0.05, 0) is 31.2 Å². The number of fused-ring (bicyclic) bond motifs is 2. The van der Waals surface area contributed by atoms with E-state index >= 15 is 0 Å². The molecule has 3 nitrogen and oxygen atoms in total. The molecular weight excluding hydrogens is 317 g/mol. The maximum atomic E-state index is 12.7. The van der Waals surface area contributed by atoms with Crippen LogP contribution in [-0.2, 0) is 11.3 Å². The van der Waals surface area contributed by atoms with Gasteiger partial charge < -0.3 is 4.90 Å². The monoisotopic (exact) mass is 340 g/mol. The number of nitrogens with zero attached hydrogens (tertiary/aromatic N) is 2. The number of carbonyl (C=O) groups is 1. The molecule has 1 aromatic carbocycles. The summed E-state index contributed by atoms with van der Waals surface area (Å²) in [5, 5.41) is 0. The number of alkyl halides is 3. The average molecular weight is 340 g/mol. The Morgan fingerprint density at radius 3 is 2.29 bits per heavy atom. The van der Waals surface area contributed by atoms with Crippen LogP contribution in [0.15, 0.2) is 30.3 Å². The number of rotatable bonds is 3. The molecule has 2 heterocycles. The van der Waals surface area contributed by atoms with Crippen molar-refractivity contribution < 1.29 is 18.0 Å². The molecular formula is C18H23F3N2O. The molecule has 2 aliphatic rings. The predicted molar refractivity (Wildman–Crippen MR) is 85.3 cm³/mol. The van der Waals surface area contributed by atoms with Crippen LogP contribution in [-0.4, -0.2) is 47.1 Å². The van der Waals surface area contributed by atoms with E-state index in [0.29, 0.717) is 12.8 Å². The van der Waals surface area contributed by atoms with Crippen LogP contribution in [0.2, 0.25) is 0 Å². The molecule has 0 aliphatic carbocycles. The Hall–Kier alpha value is -1.56. The highest BCUT2D eigenvalue weighted by molar-refractivity contribution is 5.81. The quantitative estimate of drug-likeness (QED) is 0.839. The third-order valence-corrected chi connectivity index (χ3v) is 5.42. The number of hydrogen-bond donors (Lipinski definition) is 0. The summed E-state index contributed by atoms with van der Waals surface area (Å²) in [6.07, 6.45) is -0.430. The summed E-state index contributed by atoms with van der Waals surface area (Å²) in [4.78, 5) is 14.9. The van der Waals surface area contributed by atoms with E-state index in [4.69, 9.17) is 0 Å². The van der Waals surface area contributed by atoms with E-state index in [1.54, 1.807) is 0 Å². The smallest absolute Gasteiger partial charge is 0.335 e. The molecule has 1 aromatic rings. The fourth-order valence-electron chi connectivity index (χ4n) is 4.18. The fourth-order valence-corrected chi connectivity index (χ4v) is 4.18. The molecule has 1 amide bonds. The zero-order chi connectivity index (χ0) is 17.3. The van der Waals surface area contributed by atoms with Gasteiger partial charge >= 0.3 is 12.1 Å². The van der Waals surface area contributed by atoms with E-state index in [1.165, 1.54) is 12.6 Å². The van der Waals surface area contributed by atoms with Gasteiger partial charge in [0.25, 0.3) is 0 Å². The Morgan fingerprint density at radius 1 is 1.17 bits per heavy atom. The van der Waals surface area contributed by atoms with Crippen molar-refractivity contribution in [3.8, 4) is 0 Å². The molecule has 24 heavy (non-hydrogen) atoms. The second kappa shape index (κ2) is 6.75. The first-order valence-electron chi connectivity index (χ1n) is 8.50. The van der Waals surface area contributed by atoms with Crippen molar-refractivity contribution in [1.29, 1.82) is 0 Å². The summed E-state index contributed by atoms with van der Waals surface area (Å²) < 4.78 is 38.1. The van der Waals surface area contributed by atoms with Gasteiger partial charge in [-0.2, -0.15) is 13.2 Å². The maximum Gasteiger partial charge on any atom is 0.471 e. The molecule has 0 saturated carbocycles. The SMILES string of the molecule is CN(C(=O)C(F)(F)F)C1CC2CCCC(C1)N2Cc1ccccc1. The van der Waals surface area contributed by atoms with Crippen molar-refractivity contribution in [2.75, 3.05) is 7.05 Å². The van der Waals surface area contributed by atoms with Crippen molar-refractivity contribution >= 4 is 5.91 Å². The van der Waals surface area contributed by atoms with Crippen molar-refractivity contribution in [3.05, 3.63) is 35.9 Å². The molecule has 2 saturated heterocycles. The lowest BCUT2D eigenvalue weighted by Crippen LogP contribution is -2.57. The lowest BCUT2D eigenvalue weighted by Gasteiger charge is -2.50. The highest BCUT2D eigenvalue weighted by atomic mass is 19.4. The van der Waals surface area contributed by atoms with E-state index in [-0.39, 0.29) is 18.1 Å². The number of carbonyl (C=O) groups excluding carboxylic acids is 1. The molecule has 6 heteroatoms. The Morgan fingerprint density at radius 2 is 1.75 bits per heavy atom. The summed E-state index contributed by atoms with van der Waals surface area (Å²) >= 11 is 0. The van der Waals surface area contributed by atoms with E-state index in [1.807, 2.05) is 18.2 Å². The van der Waals surface area contributed by atoms with E-state index < -0.39 is 12.1 Å². The number of halogens is 3. The molecule has 2 aliphatic heterocycles. The van der Waals surface area contributed by atoms with Crippen LogP contribution in [0, 0.1) is 0 Å². The van der Waals surface area contributed by atoms with E-state index in [9.17, 15) is 18.0 Å². The van der Waals surface area contributed by atoms with Crippen molar-refractivity contribution in [2.24, 2.45) is 0 Å². The van der Waals surface area contributed by atoms with E-state index in [0.717, 1.165) is 30.7 Å². The number of hydrogen-bond acceptors (Lipinski definition) is 2. The van der Waals surface area contributed by atoms with Crippen LogP contribution < -0.4 is 0 Å². The minimum Gasteiger partial charge on any atom is -0.335 e. The lowest BCUT2D eigenvalue weighted by atomic mass is 9.81. The first-order chi connectivity index (χ1) is 11.4. The van der Waals surface area contributed by atoms with Crippen molar-refractivity contribution in [1.82, 2.24) is 9.80 Å². The third-order valence-electron chi connectivity index (χ3n) is 5.42. The van der Waals surface area contributed by atoms with Gasteiger partial charge in [0.1, 0.15) is 0 Å². The maximum absolute atomic E-state index is 12.7. The summed E-state index contributed by atoms with van der Waals surface area (Å²) in [6.45, 7) is 0.833. The van der Waals surface area contributed by atoms with Gasteiger partial charge in [-0.15, -0.1) is 0 Å². The van der Waals surface area contributed by atoms with Gasteiger partial charge in [-0.1, -0.05) is 36.8 Å². The molecule has 0 spiro atoms. The van der Waals surface area contributed by atoms with E-state index in [2.05, 4.69) is 17.0 Å². The molecule has 2 bridgehead atoms. The normalized spacial score (nSPS) is 27.8. The van der Waals surface area contributed by atoms with Gasteiger partial charge in [0.05, 0.1) is 0 Å². The lowest BCUT2D eigenvalue weighted by molar-refractivity contribution is -0.188. The van der Waals surface area contributed by atoms with Gasteiger partial charge in [-0.3, -0.25) is 9.69 Å². The fraction of sp³-hybridized carbons (Fsp3) is 0.611. The van der Waals surface area contributed by atoms with Crippen molar-refractivity contribution in [3.63, 3.8) is 0 Å². The van der Waals surface area contributed by atoms with Crippen LogP contribution in [0.5, 0.6) is 0 Å². The third kappa shape index (κ3) is 3.58. The Bertz CT molecular complexity index is 561. The topological polar surface area (TPSA) is 23.6 Å². The largest absolute Gasteiger partial charge is 0.471 e. The molecule has 0 radical (unpaired) electrons. The van der Waals surface area contributed by atoms with Crippen LogP contribution in [0.4, 0.5) is 13.2 Å². The molecule has 2 atom stereocenters. The minimum absolute atomic E-state index is 0.256. The second-order valence-corrected chi connectivity index (χ2v) is 6.94. The van der Waals surface area contributed by atoms with Crippen LogP contribution in [0.25, 0.3) is 0 Å². The molecule has 0 aromatic heterocycles. The molecule has 0 N–H and O–H groups in total. The summed E-state index contributed by atoms with van der Waals surface area (Å²) in [6, 6.07) is 10.4. The second-order valence-electron chi connectivity index (χ2n) is 6.94. The highest BCUT2D eigenvalue weighted by Crippen LogP contribution is 2.37. The van der Waals surface area contributed by atoms with Crippen molar-refractivity contribution in [2.45, 2.75) is 63.0 Å². The van der Waals surface area contributed by atoms with Gasteiger partial charge in [0, 0.05) is 31.7 Å². The van der Waals surface area contributed by atoms with Gasteiger partial charge in [-0.25, -0.2) is 0 Å². The molecule has 2 unspecified atom stereocenters. The summed E-state index contributed by atoms with van der Waals surface area (Å²) in [5.41, 5.74) is 1.23. The van der Waals surface area contributed by atoms with Crippen LogP contribution in [0.3, 0.4) is 0 Å². The first kappa shape index (κ1) is 17.3. The zero-order valence-electron chi connectivity index (χ0n) is 13.8. The predicted octanol–water partition coefficient (Wildman–Crippen LogP) is 3.59. The minimum atomic E-state index is -4.79. The average Bonchev–Trinajstić information content (AvgIpc) is 2.53. The molecule has 3 rings (SSSR count). The summed E-state index contributed by atoms with van der Waals surface area (Å²) in [7, 11) is 1.29. The molecule has 132 valence electrons. The van der Waals surface area contributed by atoms with Gasteiger partial charge in [0.15, 0.2) is 0 Å². The zero-order valence-corrected chi connectivity index (χ0v) is 13.8. The number of amides is 1.